The van der Waals surface area contributed by atoms with Crippen molar-refractivity contribution in [2.45, 2.75) is 9.79 Å². The molecule has 3 heterocycles. The fourth-order valence-corrected chi connectivity index (χ4v) is 5.70. The number of nitrogens with zero attached hydrogens (tertiary/aromatic N) is 3. The number of benzene rings is 2. The average Bonchev–Trinajstić information content (AvgIpc) is 3.20. The van der Waals surface area contributed by atoms with Crippen molar-refractivity contribution in [3.63, 3.8) is 0 Å². The average molecular weight is 355 g/mol. The lowest BCUT2D eigenvalue weighted by Gasteiger charge is -2.15. The lowest BCUT2D eigenvalue weighted by Crippen LogP contribution is -1.97. The number of hydrogen-bond acceptors (Lipinski definition) is 4. The predicted molar refractivity (Wildman–Crippen MR) is 102 cm³/mol. The zero-order chi connectivity index (χ0) is 17.0. The van der Waals surface area contributed by atoms with Crippen LogP contribution in [0.25, 0.3) is 32.9 Å². The van der Waals surface area contributed by atoms with E-state index in [0.717, 1.165) is 14.8 Å². The second-order valence-electron chi connectivity index (χ2n) is 5.71. The van der Waals surface area contributed by atoms with Gasteiger partial charge in [-0.2, -0.15) is 10.5 Å². The molecular formula is C20H9N3S2. The van der Waals surface area contributed by atoms with E-state index in [0.29, 0.717) is 0 Å². The van der Waals surface area contributed by atoms with Gasteiger partial charge in [0.1, 0.15) is 22.7 Å². The van der Waals surface area contributed by atoms with Gasteiger partial charge in [0, 0.05) is 25.4 Å². The summed E-state index contributed by atoms with van der Waals surface area (Å²) in [5, 5.41) is 21.7. The molecule has 116 valence electrons. The Morgan fingerprint density at radius 3 is 2.60 bits per heavy atom. The zero-order valence-electron chi connectivity index (χ0n) is 12.9. The third-order valence-electron chi connectivity index (χ3n) is 4.31. The summed E-state index contributed by atoms with van der Waals surface area (Å²) in [6.45, 7) is 0. The summed E-state index contributed by atoms with van der Waals surface area (Å²) in [7, 11) is 0. The van der Waals surface area contributed by atoms with Gasteiger partial charge in [0.15, 0.2) is 0 Å². The molecule has 0 N–H and O–H groups in total. The summed E-state index contributed by atoms with van der Waals surface area (Å²) in [6, 6.07) is 20.8. The molecule has 1 aliphatic heterocycles. The van der Waals surface area contributed by atoms with E-state index in [1.807, 2.05) is 12.1 Å². The highest BCUT2D eigenvalue weighted by Gasteiger charge is 2.24. The number of thiophene rings is 1. The number of allylic oxidation sites excluding steroid dienone is 1. The van der Waals surface area contributed by atoms with E-state index in [1.165, 1.54) is 26.7 Å². The molecule has 0 spiro atoms. The molecule has 0 unspecified atom stereocenters. The summed E-state index contributed by atoms with van der Waals surface area (Å²) in [4.78, 5) is 3.32. The molecule has 0 amide bonds. The molecule has 0 saturated heterocycles. The third-order valence-corrected chi connectivity index (χ3v) is 6.58. The van der Waals surface area contributed by atoms with Crippen LogP contribution in [0.15, 0.2) is 63.9 Å². The molecule has 0 aliphatic carbocycles. The Hall–Kier alpha value is -2.99. The minimum atomic E-state index is 0.128. The van der Waals surface area contributed by atoms with Crippen LogP contribution in [0.2, 0.25) is 0 Å². The van der Waals surface area contributed by atoms with Crippen molar-refractivity contribution < 1.29 is 0 Å². The van der Waals surface area contributed by atoms with Crippen LogP contribution in [0.4, 0.5) is 0 Å². The molecule has 0 fully saturated rings. The van der Waals surface area contributed by atoms with Gasteiger partial charge in [0.25, 0.3) is 0 Å². The molecule has 1 aliphatic rings. The first-order valence-electron chi connectivity index (χ1n) is 7.66. The largest absolute Gasteiger partial charge is 0.299 e. The summed E-state index contributed by atoms with van der Waals surface area (Å²) < 4.78 is 2.31. The van der Waals surface area contributed by atoms with E-state index >= 15 is 0 Å². The highest BCUT2D eigenvalue weighted by molar-refractivity contribution is 8.00. The van der Waals surface area contributed by atoms with Crippen LogP contribution >= 0.6 is 23.1 Å². The van der Waals surface area contributed by atoms with Gasteiger partial charge >= 0.3 is 0 Å². The van der Waals surface area contributed by atoms with E-state index in [-0.39, 0.29) is 5.57 Å². The molecule has 0 atom stereocenters. The first-order chi connectivity index (χ1) is 12.3. The highest BCUT2D eigenvalue weighted by atomic mass is 32.2. The molecule has 5 rings (SSSR count). The van der Waals surface area contributed by atoms with Crippen LogP contribution in [-0.2, 0) is 0 Å². The topological polar surface area (TPSA) is 52.5 Å². The standard InChI is InChI=1S/C20H9N3S2/c21-10-12(11-22)8-13-9-18-20(24-13)23-16-6-2-1-4-14(16)15-5-3-7-17(25-18)19(15)23/h1-9H. The summed E-state index contributed by atoms with van der Waals surface area (Å²) in [5.41, 5.74) is 2.55. The lowest BCUT2D eigenvalue weighted by atomic mass is 10.1. The maximum absolute atomic E-state index is 9.02. The van der Waals surface area contributed by atoms with Gasteiger partial charge in [-0.1, -0.05) is 42.1 Å². The van der Waals surface area contributed by atoms with Crippen molar-refractivity contribution in [3.05, 3.63) is 59.0 Å². The normalized spacial score (nSPS) is 11.8. The highest BCUT2D eigenvalue weighted by Crippen LogP contribution is 2.49. The fourth-order valence-electron chi connectivity index (χ4n) is 3.31. The zero-order valence-corrected chi connectivity index (χ0v) is 14.5. The number of nitriles is 2. The van der Waals surface area contributed by atoms with Crippen LogP contribution in [0.5, 0.6) is 0 Å². The van der Waals surface area contributed by atoms with Crippen LogP contribution in [0.3, 0.4) is 0 Å². The minimum Gasteiger partial charge on any atom is -0.299 e. The molecule has 3 nitrogen and oxygen atoms in total. The smallest absolute Gasteiger partial charge is 0.131 e. The Morgan fingerprint density at radius 1 is 0.960 bits per heavy atom. The van der Waals surface area contributed by atoms with Gasteiger partial charge in [-0.25, -0.2) is 0 Å². The van der Waals surface area contributed by atoms with Gasteiger partial charge in [-0.05, 0) is 24.3 Å². The van der Waals surface area contributed by atoms with Crippen molar-refractivity contribution >= 4 is 51.0 Å². The van der Waals surface area contributed by atoms with Gasteiger partial charge in [0.2, 0.25) is 0 Å². The van der Waals surface area contributed by atoms with Crippen molar-refractivity contribution in [2.24, 2.45) is 0 Å². The van der Waals surface area contributed by atoms with Crippen molar-refractivity contribution in [1.82, 2.24) is 4.57 Å². The molecular weight excluding hydrogens is 346 g/mol. The van der Waals surface area contributed by atoms with E-state index in [2.05, 4.69) is 53.1 Å². The van der Waals surface area contributed by atoms with Gasteiger partial charge in [0.05, 0.1) is 11.0 Å². The number of rotatable bonds is 1. The van der Waals surface area contributed by atoms with E-state index in [9.17, 15) is 0 Å². The SMILES string of the molecule is N#CC(C#N)=Cc1cc2c(s1)-n1c3ccccc3c3cccc(c31)S2. The summed E-state index contributed by atoms with van der Waals surface area (Å²) in [5.74, 6) is 0. The Labute approximate surface area is 152 Å². The minimum absolute atomic E-state index is 0.128. The van der Waals surface area contributed by atoms with Crippen LogP contribution in [-0.4, -0.2) is 4.57 Å². The first kappa shape index (κ1) is 14.4. The predicted octanol–water partition coefficient (Wildman–Crippen LogP) is 5.74. The molecule has 4 aromatic rings. The second-order valence-corrected chi connectivity index (χ2v) is 7.85. The van der Waals surface area contributed by atoms with Gasteiger partial charge in [-0.15, -0.1) is 11.3 Å². The van der Waals surface area contributed by atoms with E-state index in [1.54, 1.807) is 29.2 Å². The maximum atomic E-state index is 9.02. The van der Waals surface area contributed by atoms with Crippen molar-refractivity contribution in [1.29, 1.82) is 10.5 Å². The Kier molecular flexibility index (Phi) is 3.02. The van der Waals surface area contributed by atoms with Crippen molar-refractivity contribution in [2.75, 3.05) is 0 Å². The van der Waals surface area contributed by atoms with Crippen molar-refractivity contribution in [3.8, 4) is 17.1 Å². The van der Waals surface area contributed by atoms with Gasteiger partial charge < -0.3 is 0 Å². The Balaban J connectivity index is 1.86. The third kappa shape index (κ3) is 1.97. The second kappa shape index (κ2) is 5.26. The monoisotopic (exact) mass is 355 g/mol. The number of para-hydroxylation sites is 2. The number of hydrogen-bond donors (Lipinski definition) is 0. The quantitative estimate of drug-likeness (QED) is 0.360. The maximum Gasteiger partial charge on any atom is 0.131 e. The molecule has 2 aromatic heterocycles. The number of fused-ring (bicyclic) bond motifs is 5. The van der Waals surface area contributed by atoms with Gasteiger partial charge in [-0.3, -0.25) is 4.57 Å². The molecule has 0 bridgehead atoms. The van der Waals surface area contributed by atoms with E-state index in [4.69, 9.17) is 10.5 Å². The lowest BCUT2D eigenvalue weighted by molar-refractivity contribution is 1.14. The van der Waals surface area contributed by atoms with Crippen LogP contribution in [0.1, 0.15) is 4.88 Å². The summed E-state index contributed by atoms with van der Waals surface area (Å²) in [6.07, 6.45) is 1.66. The first-order valence-corrected chi connectivity index (χ1v) is 9.29. The fraction of sp³-hybridized carbons (Fsp3) is 0. The number of aromatic nitrogens is 1. The molecule has 2 aromatic carbocycles. The molecule has 0 radical (unpaired) electrons. The molecule has 25 heavy (non-hydrogen) atoms. The molecule has 0 saturated carbocycles. The molecule has 5 heteroatoms. The summed E-state index contributed by atoms with van der Waals surface area (Å²) >= 11 is 3.36. The van der Waals surface area contributed by atoms with Crippen LogP contribution < -0.4 is 0 Å². The Bertz CT molecular complexity index is 1280. The van der Waals surface area contributed by atoms with Crippen LogP contribution in [0, 0.1) is 22.7 Å². The Morgan fingerprint density at radius 2 is 1.76 bits per heavy atom. The van der Waals surface area contributed by atoms with E-state index < -0.39 is 0 Å².